The van der Waals surface area contributed by atoms with Crippen molar-refractivity contribution >= 4 is 22.0 Å². The molecule has 0 aliphatic carbocycles. The van der Waals surface area contributed by atoms with Gasteiger partial charge in [-0.05, 0) is 24.6 Å². The third-order valence-corrected chi connectivity index (χ3v) is 3.79. The fourth-order valence-corrected chi connectivity index (χ4v) is 2.72. The monoisotopic (exact) mass is 287 g/mol. The molecule has 0 amide bonds. The van der Waals surface area contributed by atoms with Crippen molar-refractivity contribution in [3.8, 4) is 0 Å². The zero-order valence-electron chi connectivity index (χ0n) is 10.1. The number of benzene rings is 1. The summed E-state index contributed by atoms with van der Waals surface area (Å²) >= 11 is 0. The summed E-state index contributed by atoms with van der Waals surface area (Å²) in [4.78, 5) is 21.2. The summed E-state index contributed by atoms with van der Waals surface area (Å²) in [6, 6.07) is 2.85. The van der Waals surface area contributed by atoms with Crippen LogP contribution in [0.5, 0.6) is 0 Å². The van der Waals surface area contributed by atoms with Gasteiger partial charge >= 0.3 is 11.9 Å². The molecule has 0 aliphatic heterocycles. The van der Waals surface area contributed by atoms with E-state index in [0.29, 0.717) is 6.42 Å². The number of aromatic carboxylic acids is 2. The second-order valence-corrected chi connectivity index (χ2v) is 5.45. The molecule has 0 atom stereocenters. The largest absolute Gasteiger partial charge is 0.478 e. The molecule has 0 saturated carbocycles. The van der Waals surface area contributed by atoms with Crippen molar-refractivity contribution < 1.29 is 28.2 Å². The third-order valence-electron chi connectivity index (χ3n) is 2.29. The molecule has 0 radical (unpaired) electrons. The van der Waals surface area contributed by atoms with E-state index in [0.717, 1.165) is 18.2 Å². The van der Waals surface area contributed by atoms with Gasteiger partial charge in [0, 0.05) is 6.54 Å². The van der Waals surface area contributed by atoms with Gasteiger partial charge in [0.2, 0.25) is 10.0 Å². The highest BCUT2D eigenvalue weighted by molar-refractivity contribution is 7.89. The van der Waals surface area contributed by atoms with E-state index in [1.54, 1.807) is 6.92 Å². The van der Waals surface area contributed by atoms with Crippen LogP contribution in [0.3, 0.4) is 0 Å². The zero-order valence-corrected chi connectivity index (χ0v) is 10.9. The average molecular weight is 287 g/mol. The van der Waals surface area contributed by atoms with Gasteiger partial charge in [0.15, 0.2) is 0 Å². The average Bonchev–Trinajstić information content (AvgIpc) is 2.35. The van der Waals surface area contributed by atoms with Crippen LogP contribution in [-0.2, 0) is 10.0 Å². The molecule has 0 bridgehead atoms. The summed E-state index contributed by atoms with van der Waals surface area (Å²) in [6.45, 7) is 1.88. The maximum Gasteiger partial charge on any atom is 0.337 e. The maximum absolute atomic E-state index is 11.9. The Bertz CT molecular complexity index is 608. The molecule has 7 nitrogen and oxygen atoms in total. The summed E-state index contributed by atoms with van der Waals surface area (Å²) in [5.74, 6) is -2.77. The van der Waals surface area contributed by atoms with E-state index in [2.05, 4.69) is 4.72 Å². The first-order valence-corrected chi connectivity index (χ1v) is 6.88. The second-order valence-electron chi connectivity index (χ2n) is 3.72. The lowest BCUT2D eigenvalue weighted by molar-refractivity contribution is 0.0678. The van der Waals surface area contributed by atoms with E-state index in [9.17, 15) is 18.0 Å². The first-order chi connectivity index (χ1) is 8.79. The van der Waals surface area contributed by atoms with Crippen LogP contribution >= 0.6 is 0 Å². The summed E-state index contributed by atoms with van der Waals surface area (Å²) < 4.78 is 26.0. The lowest BCUT2D eigenvalue weighted by Crippen LogP contribution is -2.26. The molecule has 0 unspecified atom stereocenters. The molecule has 1 aromatic carbocycles. The van der Waals surface area contributed by atoms with Crippen molar-refractivity contribution in [2.75, 3.05) is 6.54 Å². The summed E-state index contributed by atoms with van der Waals surface area (Å²) in [6.07, 6.45) is 0.528. The smallest absolute Gasteiger partial charge is 0.337 e. The molecule has 0 spiro atoms. The fourth-order valence-electron chi connectivity index (χ4n) is 1.37. The van der Waals surface area contributed by atoms with Crippen LogP contribution in [0, 0.1) is 0 Å². The van der Waals surface area contributed by atoms with E-state index in [1.165, 1.54) is 0 Å². The number of hydrogen-bond donors (Lipinski definition) is 3. The van der Waals surface area contributed by atoms with Crippen LogP contribution < -0.4 is 4.72 Å². The molecule has 0 fully saturated rings. The Morgan fingerprint density at radius 3 is 2.32 bits per heavy atom. The lowest BCUT2D eigenvalue weighted by atomic mass is 10.1. The molecule has 104 valence electrons. The fraction of sp³-hybridized carbons (Fsp3) is 0.273. The Labute approximate surface area is 109 Å². The SMILES string of the molecule is CCCNS(=O)(=O)c1cc(C(=O)O)ccc1C(=O)O. The van der Waals surface area contributed by atoms with Gasteiger partial charge in [-0.15, -0.1) is 0 Å². The number of nitrogens with one attached hydrogen (secondary N) is 1. The number of carboxylic acids is 2. The summed E-state index contributed by atoms with van der Waals surface area (Å²) in [5.41, 5.74) is -0.754. The minimum absolute atomic E-state index is 0.138. The first kappa shape index (κ1) is 15.1. The molecule has 0 saturated heterocycles. The van der Waals surface area contributed by atoms with Gasteiger partial charge < -0.3 is 10.2 Å². The molecular formula is C11H13NO6S. The normalized spacial score (nSPS) is 11.2. The molecule has 0 heterocycles. The molecule has 19 heavy (non-hydrogen) atoms. The maximum atomic E-state index is 11.9. The van der Waals surface area contributed by atoms with Crippen molar-refractivity contribution in [3.05, 3.63) is 29.3 Å². The Morgan fingerprint density at radius 1 is 1.21 bits per heavy atom. The van der Waals surface area contributed by atoms with Crippen LogP contribution in [0.1, 0.15) is 34.1 Å². The molecule has 3 N–H and O–H groups in total. The Balaban J connectivity index is 3.40. The highest BCUT2D eigenvalue weighted by atomic mass is 32.2. The van der Waals surface area contributed by atoms with Gasteiger partial charge in [0.1, 0.15) is 0 Å². The van der Waals surface area contributed by atoms with Crippen LogP contribution in [0.25, 0.3) is 0 Å². The van der Waals surface area contributed by atoms with E-state index >= 15 is 0 Å². The third kappa shape index (κ3) is 3.52. The molecule has 1 aromatic rings. The zero-order chi connectivity index (χ0) is 14.6. The van der Waals surface area contributed by atoms with Gasteiger partial charge in [0.25, 0.3) is 0 Å². The molecule has 0 aromatic heterocycles. The number of carboxylic acid groups (broad SMARTS) is 2. The van der Waals surface area contributed by atoms with Crippen LogP contribution in [0.2, 0.25) is 0 Å². The quantitative estimate of drug-likeness (QED) is 0.710. The number of carbonyl (C=O) groups is 2. The Kier molecular flexibility index (Phi) is 4.62. The predicted molar refractivity (Wildman–Crippen MR) is 65.8 cm³/mol. The van der Waals surface area contributed by atoms with Crippen molar-refractivity contribution in [3.63, 3.8) is 0 Å². The van der Waals surface area contributed by atoms with Crippen LogP contribution in [0.4, 0.5) is 0 Å². The molecule has 1 rings (SSSR count). The summed E-state index contributed by atoms with van der Waals surface area (Å²) in [5, 5.41) is 17.8. The van der Waals surface area contributed by atoms with Crippen LogP contribution in [-0.4, -0.2) is 37.1 Å². The van der Waals surface area contributed by atoms with E-state index in [4.69, 9.17) is 10.2 Å². The van der Waals surface area contributed by atoms with E-state index in [-0.39, 0.29) is 12.1 Å². The number of sulfonamides is 1. The Morgan fingerprint density at radius 2 is 1.84 bits per heavy atom. The van der Waals surface area contributed by atoms with Crippen molar-refractivity contribution in [2.24, 2.45) is 0 Å². The molecule has 0 aliphatic rings. The highest BCUT2D eigenvalue weighted by Gasteiger charge is 2.23. The lowest BCUT2D eigenvalue weighted by Gasteiger charge is -2.09. The van der Waals surface area contributed by atoms with Gasteiger partial charge in [-0.25, -0.2) is 22.7 Å². The van der Waals surface area contributed by atoms with E-state index in [1.807, 2.05) is 0 Å². The Hall–Kier alpha value is -1.93. The van der Waals surface area contributed by atoms with Gasteiger partial charge in [-0.2, -0.15) is 0 Å². The standard InChI is InChI=1S/C11H13NO6S/c1-2-5-12-19(17,18)9-6-7(10(13)14)3-4-8(9)11(15)16/h3-4,6,12H,2,5H2,1H3,(H,13,14)(H,15,16). The number of rotatable bonds is 6. The highest BCUT2D eigenvalue weighted by Crippen LogP contribution is 2.18. The van der Waals surface area contributed by atoms with Gasteiger partial charge in [-0.1, -0.05) is 6.92 Å². The van der Waals surface area contributed by atoms with Gasteiger partial charge in [-0.3, -0.25) is 0 Å². The minimum Gasteiger partial charge on any atom is -0.478 e. The molecular weight excluding hydrogens is 274 g/mol. The predicted octanol–water partition coefficient (Wildman–Crippen LogP) is 0.771. The van der Waals surface area contributed by atoms with Crippen LogP contribution in [0.15, 0.2) is 23.1 Å². The first-order valence-electron chi connectivity index (χ1n) is 5.40. The van der Waals surface area contributed by atoms with Crippen molar-refractivity contribution in [1.82, 2.24) is 4.72 Å². The van der Waals surface area contributed by atoms with Gasteiger partial charge in [0.05, 0.1) is 16.0 Å². The minimum atomic E-state index is -4.05. The topological polar surface area (TPSA) is 121 Å². The number of hydrogen-bond acceptors (Lipinski definition) is 4. The molecule has 8 heteroatoms. The second kappa shape index (κ2) is 5.81. The van der Waals surface area contributed by atoms with E-state index < -0.39 is 32.4 Å². The van der Waals surface area contributed by atoms with Crippen molar-refractivity contribution in [1.29, 1.82) is 0 Å². The van der Waals surface area contributed by atoms with Crippen molar-refractivity contribution in [2.45, 2.75) is 18.2 Å². The summed E-state index contributed by atoms with van der Waals surface area (Å²) in [7, 11) is -4.05.